The van der Waals surface area contributed by atoms with Crippen molar-refractivity contribution in [2.45, 2.75) is 18.8 Å². The molecule has 0 aliphatic carbocycles. The molecular formula is C14H15I2N3. The van der Waals surface area contributed by atoms with Crippen LogP contribution in [0.15, 0.2) is 24.3 Å². The number of rotatable bonds is 2. The third kappa shape index (κ3) is 3.13. The second-order valence-electron chi connectivity index (χ2n) is 4.86. The summed E-state index contributed by atoms with van der Waals surface area (Å²) in [5.41, 5.74) is 3.57. The molecule has 2 N–H and O–H groups in total. The van der Waals surface area contributed by atoms with Gasteiger partial charge in [-0.1, -0.05) is 6.07 Å². The number of H-pyrrole nitrogens is 1. The summed E-state index contributed by atoms with van der Waals surface area (Å²) >= 11 is 4.73. The Morgan fingerprint density at radius 2 is 1.89 bits per heavy atom. The van der Waals surface area contributed by atoms with E-state index in [4.69, 9.17) is 0 Å². The van der Waals surface area contributed by atoms with E-state index in [0.29, 0.717) is 5.92 Å². The van der Waals surface area contributed by atoms with Gasteiger partial charge in [0.25, 0.3) is 0 Å². The third-order valence-corrected chi connectivity index (χ3v) is 5.15. The lowest BCUT2D eigenvalue weighted by atomic mass is 9.94. The lowest BCUT2D eigenvalue weighted by Gasteiger charge is -2.20. The maximum atomic E-state index is 4.50. The van der Waals surface area contributed by atoms with Crippen molar-refractivity contribution in [2.24, 2.45) is 0 Å². The van der Waals surface area contributed by atoms with E-state index in [-0.39, 0.29) is 0 Å². The molecule has 1 aromatic carbocycles. The van der Waals surface area contributed by atoms with Gasteiger partial charge in [-0.3, -0.25) is 5.10 Å². The molecule has 100 valence electrons. The monoisotopic (exact) mass is 479 g/mol. The van der Waals surface area contributed by atoms with Gasteiger partial charge in [0.2, 0.25) is 0 Å². The average molecular weight is 479 g/mol. The van der Waals surface area contributed by atoms with E-state index < -0.39 is 0 Å². The molecule has 0 radical (unpaired) electrons. The number of hydrogen-bond acceptors (Lipinski definition) is 2. The Balaban J connectivity index is 1.87. The molecule has 2 heterocycles. The van der Waals surface area contributed by atoms with Gasteiger partial charge in [0.05, 0.1) is 5.69 Å². The molecule has 2 aromatic rings. The van der Waals surface area contributed by atoms with Gasteiger partial charge in [-0.2, -0.15) is 5.10 Å². The van der Waals surface area contributed by atoms with Gasteiger partial charge in [-0.15, -0.1) is 0 Å². The van der Waals surface area contributed by atoms with Crippen molar-refractivity contribution in [3.05, 3.63) is 37.1 Å². The van der Waals surface area contributed by atoms with Gasteiger partial charge in [-0.25, -0.2) is 0 Å². The summed E-state index contributed by atoms with van der Waals surface area (Å²) in [5.74, 6) is 0.629. The van der Waals surface area contributed by atoms with Crippen molar-refractivity contribution < 1.29 is 0 Å². The number of nitrogens with one attached hydrogen (secondary N) is 2. The number of aromatic nitrogens is 2. The van der Waals surface area contributed by atoms with Crippen molar-refractivity contribution in [3.63, 3.8) is 0 Å². The molecule has 0 saturated carbocycles. The van der Waals surface area contributed by atoms with Crippen LogP contribution in [0.2, 0.25) is 0 Å². The van der Waals surface area contributed by atoms with E-state index in [1.165, 1.54) is 31.2 Å². The molecule has 19 heavy (non-hydrogen) atoms. The van der Waals surface area contributed by atoms with E-state index in [1.807, 2.05) is 0 Å². The van der Waals surface area contributed by atoms with Crippen molar-refractivity contribution >= 4 is 45.2 Å². The van der Waals surface area contributed by atoms with Crippen LogP contribution in [0.5, 0.6) is 0 Å². The summed E-state index contributed by atoms with van der Waals surface area (Å²) in [6.07, 6.45) is 2.40. The van der Waals surface area contributed by atoms with Crippen LogP contribution in [-0.4, -0.2) is 23.3 Å². The smallest absolute Gasteiger partial charge is 0.0934 e. The molecule has 0 atom stereocenters. The van der Waals surface area contributed by atoms with E-state index in [0.717, 1.165) is 18.8 Å². The number of benzene rings is 1. The average Bonchev–Trinajstić information content (AvgIpc) is 2.89. The molecule has 0 amide bonds. The molecule has 1 fully saturated rings. The van der Waals surface area contributed by atoms with Crippen LogP contribution in [0.1, 0.15) is 24.5 Å². The first-order valence-electron chi connectivity index (χ1n) is 6.45. The maximum absolute atomic E-state index is 4.50. The Hall–Kier alpha value is -0.150. The fourth-order valence-corrected chi connectivity index (χ4v) is 4.39. The second kappa shape index (κ2) is 6.09. The van der Waals surface area contributed by atoms with E-state index in [2.05, 4.69) is 85.0 Å². The minimum atomic E-state index is 0.629. The fraction of sp³-hybridized carbons (Fsp3) is 0.357. The van der Waals surface area contributed by atoms with Crippen LogP contribution in [0, 0.1) is 7.14 Å². The molecule has 1 aliphatic rings. The quantitative estimate of drug-likeness (QED) is 0.645. The predicted octanol–water partition coefficient (Wildman–Crippen LogP) is 3.75. The highest BCUT2D eigenvalue weighted by atomic mass is 127. The first kappa shape index (κ1) is 13.8. The molecule has 1 aromatic heterocycles. The minimum Gasteiger partial charge on any atom is -0.317 e. The van der Waals surface area contributed by atoms with Gasteiger partial charge in [0.1, 0.15) is 0 Å². The normalized spacial score (nSPS) is 16.7. The first-order chi connectivity index (χ1) is 9.24. The summed E-state index contributed by atoms with van der Waals surface area (Å²) in [5, 5.41) is 11.1. The van der Waals surface area contributed by atoms with E-state index >= 15 is 0 Å². The molecule has 0 unspecified atom stereocenters. The highest BCUT2D eigenvalue weighted by molar-refractivity contribution is 14.1. The zero-order chi connectivity index (χ0) is 13.2. The van der Waals surface area contributed by atoms with E-state index in [9.17, 15) is 0 Å². The van der Waals surface area contributed by atoms with Gasteiger partial charge >= 0.3 is 0 Å². The Labute approximate surface area is 140 Å². The molecule has 1 saturated heterocycles. The minimum absolute atomic E-state index is 0.629. The maximum Gasteiger partial charge on any atom is 0.0934 e. The SMILES string of the molecule is Ic1ccc(-c2cc(C3CCNCC3)[nH]n2)c(I)c1. The van der Waals surface area contributed by atoms with Gasteiger partial charge < -0.3 is 5.32 Å². The Bertz CT molecular complexity index is 574. The lowest BCUT2D eigenvalue weighted by molar-refractivity contribution is 0.453. The molecule has 0 bridgehead atoms. The van der Waals surface area contributed by atoms with Gasteiger partial charge in [-0.05, 0) is 89.3 Å². The highest BCUT2D eigenvalue weighted by Crippen LogP contribution is 2.29. The van der Waals surface area contributed by atoms with Crippen LogP contribution in [0.25, 0.3) is 11.3 Å². The van der Waals surface area contributed by atoms with Crippen LogP contribution in [0.3, 0.4) is 0 Å². The molecule has 5 heteroatoms. The number of hydrogen-bond donors (Lipinski definition) is 2. The largest absolute Gasteiger partial charge is 0.317 e. The van der Waals surface area contributed by atoms with Crippen molar-refractivity contribution in [1.29, 1.82) is 0 Å². The summed E-state index contributed by atoms with van der Waals surface area (Å²) in [7, 11) is 0. The van der Waals surface area contributed by atoms with Crippen molar-refractivity contribution in [2.75, 3.05) is 13.1 Å². The topological polar surface area (TPSA) is 40.7 Å². The summed E-state index contributed by atoms with van der Waals surface area (Å²) < 4.78 is 2.52. The molecule has 3 nitrogen and oxygen atoms in total. The standard InChI is InChI=1S/C14H15I2N3/c15-10-1-2-11(12(16)7-10)14-8-13(18-19-14)9-3-5-17-6-4-9/h1-2,7-9,17H,3-6H2,(H,18,19). The lowest BCUT2D eigenvalue weighted by Crippen LogP contribution is -2.26. The zero-order valence-corrected chi connectivity index (χ0v) is 14.7. The molecule has 0 spiro atoms. The van der Waals surface area contributed by atoms with Gasteiger partial charge in [0, 0.05) is 24.3 Å². The highest BCUT2D eigenvalue weighted by Gasteiger charge is 2.18. The Morgan fingerprint density at radius 3 is 2.63 bits per heavy atom. The zero-order valence-electron chi connectivity index (χ0n) is 10.4. The molecular weight excluding hydrogens is 464 g/mol. The molecule has 3 rings (SSSR count). The second-order valence-corrected chi connectivity index (χ2v) is 7.26. The fourth-order valence-electron chi connectivity index (χ4n) is 2.51. The van der Waals surface area contributed by atoms with Crippen LogP contribution < -0.4 is 5.32 Å². The van der Waals surface area contributed by atoms with Crippen LogP contribution >= 0.6 is 45.2 Å². The van der Waals surface area contributed by atoms with Crippen LogP contribution in [0.4, 0.5) is 0 Å². The van der Waals surface area contributed by atoms with Gasteiger partial charge in [0.15, 0.2) is 0 Å². The third-order valence-electron chi connectivity index (χ3n) is 3.58. The van der Waals surface area contributed by atoms with Crippen molar-refractivity contribution in [3.8, 4) is 11.3 Å². The number of halogens is 2. The van der Waals surface area contributed by atoms with E-state index in [1.54, 1.807) is 0 Å². The molecule has 1 aliphatic heterocycles. The van der Waals surface area contributed by atoms with Crippen molar-refractivity contribution in [1.82, 2.24) is 15.5 Å². The number of piperidine rings is 1. The number of nitrogens with zero attached hydrogens (tertiary/aromatic N) is 1. The Kier molecular flexibility index (Phi) is 4.43. The van der Waals surface area contributed by atoms with Crippen LogP contribution in [-0.2, 0) is 0 Å². The summed E-state index contributed by atoms with van der Waals surface area (Å²) in [4.78, 5) is 0. The predicted molar refractivity (Wildman–Crippen MR) is 94.3 cm³/mol. The Morgan fingerprint density at radius 1 is 1.11 bits per heavy atom. The summed E-state index contributed by atoms with van der Waals surface area (Å²) in [6.45, 7) is 2.22. The summed E-state index contributed by atoms with van der Waals surface area (Å²) in [6, 6.07) is 8.71. The first-order valence-corrected chi connectivity index (χ1v) is 8.61. The number of aromatic amines is 1.